The van der Waals surface area contributed by atoms with Gasteiger partial charge in [0.05, 0.1) is 22.3 Å². The number of ketones is 4. The SMILES string of the molecule is [Cl][Sn][Cl].[OH+]=C(CC(=[OH+])c1ccccc1)c1ccccc1.[OH+]=C(CC(=[OH+])c1ccccc1)c1ccccc1. The Morgan fingerprint density at radius 1 is 0.405 bits per heavy atom. The van der Waals surface area contributed by atoms with E-state index in [9.17, 15) is 19.2 Å². The predicted octanol–water partition coefficient (Wildman–Crippen LogP) is 6.12. The average Bonchev–Trinajstić information content (AvgIpc) is 2.95. The van der Waals surface area contributed by atoms with E-state index in [4.69, 9.17) is 17.8 Å². The monoisotopic (exact) mass is 642 g/mol. The zero-order chi connectivity index (χ0) is 26.9. The summed E-state index contributed by atoms with van der Waals surface area (Å²) in [5, 5.41) is 0. The van der Waals surface area contributed by atoms with Crippen LogP contribution in [0.5, 0.6) is 0 Å². The van der Waals surface area contributed by atoms with Gasteiger partial charge in [0.1, 0.15) is 0 Å². The van der Waals surface area contributed by atoms with Crippen LogP contribution >= 0.6 is 17.8 Å². The van der Waals surface area contributed by atoms with Crippen LogP contribution in [-0.4, -0.2) is 61.2 Å². The molecule has 0 atom stereocenters. The van der Waals surface area contributed by atoms with Crippen LogP contribution in [0.1, 0.15) is 35.1 Å². The molecule has 4 aromatic rings. The second-order valence-electron chi connectivity index (χ2n) is 7.68. The largest absolute Gasteiger partial charge is 0.337 e. The molecule has 0 aliphatic heterocycles. The van der Waals surface area contributed by atoms with Gasteiger partial charge in [-0.3, -0.25) is 19.2 Å². The van der Waals surface area contributed by atoms with Crippen molar-refractivity contribution in [3.05, 3.63) is 144 Å². The molecule has 0 aliphatic rings. The molecule has 4 nitrogen and oxygen atoms in total. The second kappa shape index (κ2) is 17.4. The van der Waals surface area contributed by atoms with Gasteiger partial charge in [0.2, 0.25) is 0 Å². The van der Waals surface area contributed by atoms with E-state index < -0.39 is 18.9 Å². The summed E-state index contributed by atoms with van der Waals surface area (Å²) in [7, 11) is 9.87. The quantitative estimate of drug-likeness (QED) is 0.0961. The summed E-state index contributed by atoms with van der Waals surface area (Å²) in [6.07, 6.45) is 0.294. The van der Waals surface area contributed by atoms with Gasteiger partial charge in [0.15, 0.2) is 12.8 Å². The Morgan fingerprint density at radius 2 is 0.568 bits per heavy atom. The summed E-state index contributed by atoms with van der Waals surface area (Å²) in [4.78, 5) is 39.6. The van der Waals surface area contributed by atoms with Gasteiger partial charge in [0.25, 0.3) is 0 Å². The summed E-state index contributed by atoms with van der Waals surface area (Å²) in [5.74, 6) is 0.692. The first-order chi connectivity index (χ1) is 18.0. The van der Waals surface area contributed by atoms with Crippen molar-refractivity contribution in [2.75, 3.05) is 0 Å². The van der Waals surface area contributed by atoms with E-state index in [1.807, 2.05) is 121 Å². The van der Waals surface area contributed by atoms with Crippen molar-refractivity contribution in [2.24, 2.45) is 0 Å². The van der Waals surface area contributed by atoms with Crippen molar-refractivity contribution in [3.63, 3.8) is 0 Å². The molecule has 0 bridgehead atoms. The fourth-order valence-electron chi connectivity index (χ4n) is 3.25. The molecule has 0 saturated carbocycles. The molecular formula is C30H28Cl2O4Sn+4. The summed E-state index contributed by atoms with van der Waals surface area (Å²) in [6.45, 7) is 0. The van der Waals surface area contributed by atoms with Crippen molar-refractivity contribution >= 4 is 59.9 Å². The molecule has 4 N–H and O–H groups in total. The number of benzene rings is 4. The van der Waals surface area contributed by atoms with E-state index in [0.717, 1.165) is 22.3 Å². The fraction of sp³-hybridized carbons (Fsp3) is 0.0667. The van der Waals surface area contributed by atoms with E-state index in [1.54, 1.807) is 0 Å². The van der Waals surface area contributed by atoms with Gasteiger partial charge in [-0.1, -0.05) is 72.8 Å². The zero-order valence-corrected chi connectivity index (χ0v) is 24.4. The standard InChI is InChI=1S/2C15H12O2.2ClH.Sn/c2*16-14(12-7-3-1-4-8-12)11-15(17)13-9-5-2-6-10-13;;;/h2*1-10H,11H2;2*1H;/q;;;;+2/p+2. The number of halogens is 2. The van der Waals surface area contributed by atoms with Crippen LogP contribution < -0.4 is 0 Å². The molecule has 0 unspecified atom stereocenters. The molecule has 0 aromatic heterocycles. The molecular weight excluding hydrogens is 614 g/mol. The Morgan fingerprint density at radius 3 is 0.730 bits per heavy atom. The van der Waals surface area contributed by atoms with Gasteiger partial charge >= 0.3 is 59.9 Å². The molecule has 0 saturated heterocycles. The molecule has 0 spiro atoms. The van der Waals surface area contributed by atoms with E-state index >= 15 is 0 Å². The molecule has 186 valence electrons. The van der Waals surface area contributed by atoms with Gasteiger partial charge in [-0.2, -0.15) is 0 Å². The minimum Gasteiger partial charge on any atom is -0.277 e. The van der Waals surface area contributed by atoms with E-state index in [0.29, 0.717) is 0 Å². The Labute approximate surface area is 234 Å². The van der Waals surface area contributed by atoms with Gasteiger partial charge in [0, 0.05) is 0 Å². The van der Waals surface area contributed by atoms with Crippen molar-refractivity contribution in [1.29, 1.82) is 0 Å². The van der Waals surface area contributed by atoms with Crippen molar-refractivity contribution in [3.8, 4) is 0 Å². The third kappa shape index (κ3) is 11.3. The molecule has 7 heteroatoms. The molecule has 0 heterocycles. The number of rotatable bonds is 8. The summed E-state index contributed by atoms with van der Waals surface area (Å²) in [5.41, 5.74) is 2.93. The Hall–Kier alpha value is -3.06. The van der Waals surface area contributed by atoms with Crippen molar-refractivity contribution < 1.29 is 19.2 Å². The van der Waals surface area contributed by atoms with E-state index in [-0.39, 0.29) is 36.0 Å². The second-order valence-corrected chi connectivity index (χ2v) is 11.9. The van der Waals surface area contributed by atoms with E-state index in [1.165, 1.54) is 0 Å². The van der Waals surface area contributed by atoms with Crippen molar-refractivity contribution in [1.82, 2.24) is 0 Å². The minimum atomic E-state index is -0.826. The van der Waals surface area contributed by atoms with Crippen LogP contribution in [0, 0.1) is 0 Å². The zero-order valence-electron chi connectivity index (χ0n) is 20.0. The van der Waals surface area contributed by atoms with Crippen molar-refractivity contribution in [2.45, 2.75) is 12.8 Å². The Balaban J connectivity index is 0.000000235. The third-order valence-corrected chi connectivity index (χ3v) is 5.10. The number of hydrogen-bond donors (Lipinski definition) is 0. The first-order valence-corrected chi connectivity index (χ1v) is 18.6. The first-order valence-electron chi connectivity index (χ1n) is 11.3. The van der Waals surface area contributed by atoms with Gasteiger partial charge in [-0.25, -0.2) is 0 Å². The van der Waals surface area contributed by atoms with Crippen LogP contribution in [0.2, 0.25) is 0 Å². The Bertz CT molecular complexity index is 1070. The predicted molar refractivity (Wildman–Crippen MR) is 157 cm³/mol. The van der Waals surface area contributed by atoms with E-state index in [2.05, 4.69) is 0 Å². The van der Waals surface area contributed by atoms with Crippen LogP contribution in [0.4, 0.5) is 0 Å². The molecule has 0 fully saturated rings. The maximum Gasteiger partial charge on any atom is 0.337 e. The van der Waals surface area contributed by atoms with Gasteiger partial charge in [-0.15, -0.1) is 0 Å². The van der Waals surface area contributed by atoms with Gasteiger partial charge < -0.3 is 0 Å². The number of hydrogen-bond acceptors (Lipinski definition) is 0. The van der Waals surface area contributed by atoms with Crippen LogP contribution in [0.15, 0.2) is 121 Å². The molecule has 0 amide bonds. The summed E-state index contributed by atoms with van der Waals surface area (Å²) in [6, 6.07) is 36.9. The summed E-state index contributed by atoms with van der Waals surface area (Å²) >= 11 is -0.826. The van der Waals surface area contributed by atoms with Crippen LogP contribution in [-0.2, 0) is 0 Å². The molecule has 4 rings (SSSR count). The Kier molecular flexibility index (Phi) is 14.2. The van der Waals surface area contributed by atoms with Gasteiger partial charge in [-0.05, 0) is 48.5 Å². The average molecular weight is 642 g/mol. The first kappa shape index (κ1) is 30.2. The molecule has 2 radical (unpaired) electrons. The topological polar surface area (TPSA) is 85.6 Å². The third-order valence-electron chi connectivity index (χ3n) is 5.10. The smallest absolute Gasteiger partial charge is 0.277 e. The van der Waals surface area contributed by atoms with Crippen LogP contribution in [0.3, 0.4) is 0 Å². The summed E-state index contributed by atoms with van der Waals surface area (Å²) < 4.78 is 0. The normalized spacial score (nSPS) is 9.57. The minimum absolute atomic E-state index is 0.147. The maximum atomic E-state index is 9.89. The molecule has 0 aliphatic carbocycles. The number of carbonyl (C=O) groups excluding carboxylic acids is 4. The molecule has 4 aromatic carbocycles. The van der Waals surface area contributed by atoms with Crippen LogP contribution in [0.25, 0.3) is 0 Å². The fourth-order valence-corrected chi connectivity index (χ4v) is 3.25. The maximum absolute atomic E-state index is 9.89. The molecule has 37 heavy (non-hydrogen) atoms.